The number of fused-ring (bicyclic) bond motifs is 2. The van der Waals surface area contributed by atoms with Gasteiger partial charge >= 0.3 is 0 Å². The van der Waals surface area contributed by atoms with Gasteiger partial charge in [0.05, 0.1) is 0 Å². The van der Waals surface area contributed by atoms with Crippen LogP contribution < -0.4 is 0 Å². The second-order valence-electron chi connectivity index (χ2n) is 7.86. The van der Waals surface area contributed by atoms with Crippen LogP contribution in [0.3, 0.4) is 0 Å². The Kier molecular flexibility index (Phi) is 5.51. The Morgan fingerprint density at radius 1 is 0.800 bits per heavy atom. The Balaban J connectivity index is 1.34. The first-order valence-electron chi connectivity index (χ1n) is 9.86. The maximum absolute atomic E-state index is 2.51. The zero-order valence-electron chi connectivity index (χ0n) is 15.0. The molecule has 2 bridgehead atoms. The maximum atomic E-state index is 2.51. The SMILES string of the molecule is C1=CC2CC1CC2CC[Si]C(Cc1ccccc1)Cc1ccccc1. The number of hydrogen-bond acceptors (Lipinski definition) is 0. The highest BCUT2D eigenvalue weighted by atomic mass is 28.2. The highest BCUT2D eigenvalue weighted by molar-refractivity contribution is 6.37. The van der Waals surface area contributed by atoms with E-state index in [1.54, 1.807) is 0 Å². The van der Waals surface area contributed by atoms with E-state index in [2.05, 4.69) is 72.8 Å². The van der Waals surface area contributed by atoms with Crippen LogP contribution in [0.4, 0.5) is 0 Å². The summed E-state index contributed by atoms with van der Waals surface area (Å²) < 4.78 is 0. The molecule has 0 aliphatic heterocycles. The van der Waals surface area contributed by atoms with Crippen molar-refractivity contribution in [3.05, 3.63) is 83.9 Å². The van der Waals surface area contributed by atoms with Gasteiger partial charge in [0.2, 0.25) is 0 Å². The molecule has 2 aliphatic carbocycles. The molecule has 25 heavy (non-hydrogen) atoms. The van der Waals surface area contributed by atoms with Crippen molar-refractivity contribution in [1.82, 2.24) is 0 Å². The van der Waals surface area contributed by atoms with Gasteiger partial charge in [-0.25, -0.2) is 0 Å². The maximum Gasteiger partial charge on any atom is 0.0421 e. The summed E-state index contributed by atoms with van der Waals surface area (Å²) in [5.41, 5.74) is 3.79. The predicted octanol–water partition coefficient (Wildman–Crippen LogP) is 5.99. The third-order valence-corrected chi connectivity index (χ3v) is 7.58. The molecule has 2 aromatic rings. The summed E-state index contributed by atoms with van der Waals surface area (Å²) in [5, 5.41) is 0. The number of allylic oxidation sites excluding steroid dienone is 2. The van der Waals surface area contributed by atoms with Crippen molar-refractivity contribution >= 4 is 9.52 Å². The molecule has 2 aromatic carbocycles. The molecule has 2 aliphatic rings. The Morgan fingerprint density at radius 3 is 1.96 bits per heavy atom. The van der Waals surface area contributed by atoms with E-state index in [4.69, 9.17) is 0 Å². The number of rotatable bonds is 8. The molecule has 0 amide bonds. The molecule has 2 radical (unpaired) electrons. The third-order valence-electron chi connectivity index (χ3n) is 6.01. The van der Waals surface area contributed by atoms with Crippen LogP contribution in [0.1, 0.15) is 30.4 Å². The highest BCUT2D eigenvalue weighted by Crippen LogP contribution is 2.45. The second-order valence-corrected chi connectivity index (χ2v) is 9.58. The minimum absolute atomic E-state index is 0.791. The first-order valence-corrected chi connectivity index (χ1v) is 11.1. The first kappa shape index (κ1) is 16.8. The molecule has 1 heteroatoms. The van der Waals surface area contributed by atoms with Gasteiger partial charge in [-0.3, -0.25) is 0 Å². The van der Waals surface area contributed by atoms with E-state index in [0.29, 0.717) is 0 Å². The van der Waals surface area contributed by atoms with Crippen LogP contribution in [0.15, 0.2) is 72.8 Å². The van der Waals surface area contributed by atoms with E-state index in [-0.39, 0.29) is 0 Å². The van der Waals surface area contributed by atoms with E-state index in [1.165, 1.54) is 49.3 Å². The summed E-state index contributed by atoms with van der Waals surface area (Å²) in [6.45, 7) is 0. The summed E-state index contributed by atoms with van der Waals surface area (Å²) in [5.74, 6) is 2.82. The van der Waals surface area contributed by atoms with E-state index in [0.717, 1.165) is 32.8 Å². The fraction of sp³-hybridized carbons (Fsp3) is 0.417. The molecule has 0 heterocycles. The Morgan fingerprint density at radius 2 is 1.44 bits per heavy atom. The molecule has 0 saturated heterocycles. The molecule has 0 N–H and O–H groups in total. The molecule has 4 rings (SSSR count). The average molecular weight is 345 g/mol. The molecular weight excluding hydrogens is 316 g/mol. The fourth-order valence-electron chi connectivity index (χ4n) is 4.71. The zero-order chi connectivity index (χ0) is 16.9. The Hall–Kier alpha value is -1.60. The lowest BCUT2D eigenvalue weighted by molar-refractivity contribution is 0.433. The quantitative estimate of drug-likeness (QED) is 0.408. The predicted molar refractivity (Wildman–Crippen MR) is 108 cm³/mol. The summed E-state index contributed by atoms with van der Waals surface area (Å²) in [6.07, 6.45) is 11.8. The van der Waals surface area contributed by atoms with E-state index in [1.807, 2.05) is 0 Å². The molecular formula is C24H28Si. The average Bonchev–Trinajstić information content (AvgIpc) is 3.26. The van der Waals surface area contributed by atoms with Gasteiger partial charge in [0.15, 0.2) is 0 Å². The summed E-state index contributed by atoms with van der Waals surface area (Å²) in [4.78, 5) is 0. The van der Waals surface area contributed by atoms with Crippen LogP contribution in [0.2, 0.25) is 11.6 Å². The number of benzene rings is 2. The summed E-state index contributed by atoms with van der Waals surface area (Å²) >= 11 is 0. The molecule has 1 fully saturated rings. The van der Waals surface area contributed by atoms with Crippen molar-refractivity contribution < 1.29 is 0 Å². The van der Waals surface area contributed by atoms with Crippen molar-refractivity contribution in [2.75, 3.05) is 0 Å². The molecule has 1 saturated carbocycles. The molecule has 0 aromatic heterocycles. The third kappa shape index (κ3) is 4.52. The highest BCUT2D eigenvalue weighted by Gasteiger charge is 2.34. The van der Waals surface area contributed by atoms with Crippen molar-refractivity contribution in [3.63, 3.8) is 0 Å². The van der Waals surface area contributed by atoms with Gasteiger partial charge in [-0.15, -0.1) is 0 Å². The van der Waals surface area contributed by atoms with Gasteiger partial charge in [0.25, 0.3) is 0 Å². The van der Waals surface area contributed by atoms with Crippen LogP contribution in [-0.2, 0) is 12.8 Å². The van der Waals surface area contributed by atoms with Crippen molar-refractivity contribution in [2.24, 2.45) is 17.8 Å². The van der Waals surface area contributed by atoms with Crippen LogP contribution in [-0.4, -0.2) is 9.52 Å². The van der Waals surface area contributed by atoms with Gasteiger partial charge in [0.1, 0.15) is 0 Å². The first-order chi connectivity index (χ1) is 12.4. The summed E-state index contributed by atoms with van der Waals surface area (Å²) in [6, 6.07) is 23.6. The molecule has 3 atom stereocenters. The minimum Gasteiger partial charge on any atom is -0.0851 e. The topological polar surface area (TPSA) is 0 Å². The van der Waals surface area contributed by atoms with Crippen LogP contribution in [0.5, 0.6) is 0 Å². The van der Waals surface area contributed by atoms with Crippen LogP contribution in [0, 0.1) is 17.8 Å². The molecule has 0 spiro atoms. The van der Waals surface area contributed by atoms with E-state index >= 15 is 0 Å². The van der Waals surface area contributed by atoms with Gasteiger partial charge in [-0.2, -0.15) is 0 Å². The van der Waals surface area contributed by atoms with Gasteiger partial charge < -0.3 is 0 Å². The molecule has 128 valence electrons. The van der Waals surface area contributed by atoms with Gasteiger partial charge in [-0.1, -0.05) is 85.3 Å². The van der Waals surface area contributed by atoms with Crippen LogP contribution >= 0.6 is 0 Å². The van der Waals surface area contributed by atoms with Gasteiger partial charge in [0, 0.05) is 9.52 Å². The lowest BCUT2D eigenvalue weighted by Gasteiger charge is -2.20. The summed E-state index contributed by atoms with van der Waals surface area (Å²) in [7, 11) is 1.08. The monoisotopic (exact) mass is 344 g/mol. The Labute approximate surface area is 155 Å². The smallest absolute Gasteiger partial charge is 0.0421 e. The van der Waals surface area contributed by atoms with Gasteiger partial charge in [-0.05, 0) is 60.1 Å². The van der Waals surface area contributed by atoms with E-state index < -0.39 is 0 Å². The van der Waals surface area contributed by atoms with Crippen LogP contribution in [0.25, 0.3) is 0 Å². The fourth-order valence-corrected chi connectivity index (χ4v) is 6.42. The van der Waals surface area contributed by atoms with Crippen molar-refractivity contribution in [1.29, 1.82) is 0 Å². The normalized spacial score (nSPS) is 24.3. The lowest BCUT2D eigenvalue weighted by Crippen LogP contribution is -2.13. The molecule has 3 unspecified atom stereocenters. The minimum atomic E-state index is 0.791. The van der Waals surface area contributed by atoms with E-state index in [9.17, 15) is 0 Å². The Bertz CT molecular complexity index is 634. The standard InChI is InChI=1S/C24H28Si/c1-3-7-19(8-4-1)17-24(18-20-9-5-2-6-10-20)25-14-13-23-16-21-11-12-22(23)15-21/h1-12,21-24H,13-18H2. The molecule has 0 nitrogen and oxygen atoms in total. The van der Waals surface area contributed by atoms with Crippen molar-refractivity contribution in [3.8, 4) is 0 Å². The van der Waals surface area contributed by atoms with Crippen molar-refractivity contribution in [2.45, 2.75) is 43.7 Å². The largest absolute Gasteiger partial charge is 0.0851 e. The number of hydrogen-bond donors (Lipinski definition) is 0. The second kappa shape index (κ2) is 8.18. The lowest BCUT2D eigenvalue weighted by atomic mass is 9.91. The zero-order valence-corrected chi connectivity index (χ0v) is 16.0.